The third-order valence-corrected chi connectivity index (χ3v) is 3.87. The van der Waals surface area contributed by atoms with Crippen molar-refractivity contribution in [1.29, 1.82) is 0 Å². The van der Waals surface area contributed by atoms with Gasteiger partial charge < -0.3 is 4.74 Å². The minimum atomic E-state index is 0.769. The van der Waals surface area contributed by atoms with Crippen LogP contribution in [-0.4, -0.2) is 16.9 Å². The maximum atomic E-state index is 5.55. The second-order valence-electron chi connectivity index (χ2n) is 4.90. The van der Waals surface area contributed by atoms with Gasteiger partial charge in [-0.25, -0.2) is 0 Å². The molecule has 98 valence electrons. The van der Waals surface area contributed by atoms with E-state index in [1.54, 1.807) is 7.11 Å². The number of aromatic nitrogens is 2. The SMILES string of the molecule is COc1ccc(-c2ccnn(CC3CC3)c2=S)cc1. The van der Waals surface area contributed by atoms with Crippen molar-refractivity contribution >= 4 is 12.2 Å². The predicted octanol–water partition coefficient (Wildman–Crippen LogP) is 3.70. The second kappa shape index (κ2) is 5.13. The van der Waals surface area contributed by atoms with Gasteiger partial charge in [-0.3, -0.25) is 4.68 Å². The fraction of sp³-hybridized carbons (Fsp3) is 0.333. The Morgan fingerprint density at radius 3 is 2.63 bits per heavy atom. The van der Waals surface area contributed by atoms with Gasteiger partial charge in [0, 0.05) is 18.3 Å². The zero-order valence-corrected chi connectivity index (χ0v) is 11.7. The van der Waals surface area contributed by atoms with Gasteiger partial charge in [0.1, 0.15) is 10.4 Å². The molecular formula is C15H16N2OS. The van der Waals surface area contributed by atoms with E-state index >= 15 is 0 Å². The molecule has 19 heavy (non-hydrogen) atoms. The second-order valence-corrected chi connectivity index (χ2v) is 5.29. The topological polar surface area (TPSA) is 27.1 Å². The van der Waals surface area contributed by atoms with Gasteiger partial charge in [-0.05, 0) is 42.5 Å². The van der Waals surface area contributed by atoms with Crippen molar-refractivity contribution in [3.8, 4) is 16.9 Å². The highest BCUT2D eigenvalue weighted by Gasteiger charge is 2.22. The van der Waals surface area contributed by atoms with E-state index in [0.717, 1.165) is 34.0 Å². The first-order valence-corrected chi connectivity index (χ1v) is 6.89. The molecule has 3 nitrogen and oxygen atoms in total. The molecule has 0 bridgehead atoms. The number of methoxy groups -OCH3 is 1. The lowest BCUT2D eigenvalue weighted by Gasteiger charge is -2.09. The fourth-order valence-electron chi connectivity index (χ4n) is 2.12. The normalized spacial score (nSPS) is 14.4. The number of hydrogen-bond acceptors (Lipinski definition) is 3. The third kappa shape index (κ3) is 2.68. The quantitative estimate of drug-likeness (QED) is 0.794. The molecule has 0 aliphatic heterocycles. The van der Waals surface area contributed by atoms with Crippen molar-refractivity contribution in [3.05, 3.63) is 41.2 Å². The maximum absolute atomic E-state index is 5.55. The molecule has 1 aliphatic rings. The molecule has 0 radical (unpaired) electrons. The first kappa shape index (κ1) is 12.4. The Morgan fingerprint density at radius 1 is 1.26 bits per heavy atom. The fourth-order valence-corrected chi connectivity index (χ4v) is 2.42. The summed E-state index contributed by atoms with van der Waals surface area (Å²) in [4.78, 5) is 0. The first-order valence-electron chi connectivity index (χ1n) is 6.48. The molecule has 1 aromatic carbocycles. The Morgan fingerprint density at radius 2 is 2.00 bits per heavy atom. The van der Waals surface area contributed by atoms with Crippen molar-refractivity contribution in [2.75, 3.05) is 7.11 Å². The number of hydrogen-bond donors (Lipinski definition) is 0. The van der Waals surface area contributed by atoms with Crippen molar-refractivity contribution in [2.24, 2.45) is 5.92 Å². The number of benzene rings is 1. The van der Waals surface area contributed by atoms with Gasteiger partial charge in [-0.1, -0.05) is 24.4 Å². The van der Waals surface area contributed by atoms with Crippen molar-refractivity contribution in [1.82, 2.24) is 9.78 Å². The molecule has 0 atom stereocenters. The van der Waals surface area contributed by atoms with Crippen LogP contribution < -0.4 is 4.74 Å². The Kier molecular flexibility index (Phi) is 3.34. The van der Waals surface area contributed by atoms with Crippen LogP contribution in [0.1, 0.15) is 12.8 Å². The number of nitrogens with zero attached hydrogens (tertiary/aromatic N) is 2. The average molecular weight is 272 g/mol. The average Bonchev–Trinajstić information content (AvgIpc) is 3.25. The molecule has 2 aromatic rings. The molecule has 1 heterocycles. The van der Waals surface area contributed by atoms with Crippen LogP contribution in [0.2, 0.25) is 0 Å². The van der Waals surface area contributed by atoms with Crippen molar-refractivity contribution in [3.63, 3.8) is 0 Å². The van der Waals surface area contributed by atoms with Crippen LogP contribution in [0.4, 0.5) is 0 Å². The van der Waals surface area contributed by atoms with Gasteiger partial charge in [0.25, 0.3) is 0 Å². The van der Waals surface area contributed by atoms with E-state index in [2.05, 4.69) is 5.10 Å². The highest BCUT2D eigenvalue weighted by molar-refractivity contribution is 7.71. The summed E-state index contributed by atoms with van der Waals surface area (Å²) < 4.78 is 7.95. The van der Waals surface area contributed by atoms with E-state index in [9.17, 15) is 0 Å². The summed E-state index contributed by atoms with van der Waals surface area (Å²) in [6, 6.07) is 9.95. The van der Waals surface area contributed by atoms with Gasteiger partial charge in [-0.15, -0.1) is 0 Å². The molecule has 0 amide bonds. The van der Waals surface area contributed by atoms with Crippen molar-refractivity contribution < 1.29 is 4.74 Å². The molecular weight excluding hydrogens is 256 g/mol. The van der Waals surface area contributed by atoms with Crippen LogP contribution in [0.5, 0.6) is 5.75 Å². The van der Waals surface area contributed by atoms with E-state index in [-0.39, 0.29) is 0 Å². The highest BCUT2D eigenvalue weighted by atomic mass is 32.1. The molecule has 0 unspecified atom stereocenters. The Balaban J connectivity index is 1.96. The smallest absolute Gasteiger partial charge is 0.130 e. The summed E-state index contributed by atoms with van der Waals surface area (Å²) in [5.41, 5.74) is 2.17. The van der Waals surface area contributed by atoms with Crippen LogP contribution in [0.15, 0.2) is 36.5 Å². The molecule has 0 spiro atoms. The largest absolute Gasteiger partial charge is 0.497 e. The molecule has 1 aliphatic carbocycles. The summed E-state index contributed by atoms with van der Waals surface area (Å²) in [6.07, 6.45) is 4.43. The highest BCUT2D eigenvalue weighted by Crippen LogP contribution is 2.31. The molecule has 4 heteroatoms. The van der Waals surface area contributed by atoms with Gasteiger partial charge in [0.2, 0.25) is 0 Å². The van der Waals surface area contributed by atoms with Crippen LogP contribution in [-0.2, 0) is 6.54 Å². The Bertz CT molecular complexity index is 629. The Labute approximate surface area is 117 Å². The summed E-state index contributed by atoms with van der Waals surface area (Å²) >= 11 is 5.55. The monoisotopic (exact) mass is 272 g/mol. The van der Waals surface area contributed by atoms with E-state index in [4.69, 9.17) is 17.0 Å². The summed E-state index contributed by atoms with van der Waals surface area (Å²) in [7, 11) is 1.67. The molecule has 1 aromatic heterocycles. The predicted molar refractivity (Wildman–Crippen MR) is 77.8 cm³/mol. The molecule has 1 saturated carbocycles. The van der Waals surface area contributed by atoms with Gasteiger partial charge in [-0.2, -0.15) is 5.10 Å². The molecule has 0 N–H and O–H groups in total. The first-order chi connectivity index (χ1) is 9.28. The zero-order valence-electron chi connectivity index (χ0n) is 10.9. The van der Waals surface area contributed by atoms with Gasteiger partial charge in [0.15, 0.2) is 0 Å². The third-order valence-electron chi connectivity index (χ3n) is 3.44. The lowest BCUT2D eigenvalue weighted by atomic mass is 10.1. The number of ether oxygens (including phenoxy) is 1. The van der Waals surface area contributed by atoms with Gasteiger partial charge >= 0.3 is 0 Å². The Hall–Kier alpha value is -1.68. The van der Waals surface area contributed by atoms with Gasteiger partial charge in [0.05, 0.1) is 7.11 Å². The zero-order chi connectivity index (χ0) is 13.2. The minimum absolute atomic E-state index is 0.769. The van der Waals surface area contributed by atoms with E-state index < -0.39 is 0 Å². The van der Waals surface area contributed by atoms with E-state index in [0.29, 0.717) is 0 Å². The summed E-state index contributed by atoms with van der Waals surface area (Å²) in [5.74, 6) is 1.62. The lowest BCUT2D eigenvalue weighted by Crippen LogP contribution is -2.07. The molecule has 0 saturated heterocycles. The van der Waals surface area contributed by atoms with Crippen molar-refractivity contribution in [2.45, 2.75) is 19.4 Å². The van der Waals surface area contributed by atoms with Crippen LogP contribution >= 0.6 is 12.2 Å². The van der Waals surface area contributed by atoms with Crippen LogP contribution in [0.3, 0.4) is 0 Å². The van der Waals surface area contributed by atoms with Crippen LogP contribution in [0.25, 0.3) is 11.1 Å². The standard InChI is InChI=1S/C15H16N2OS/c1-18-13-6-4-12(5-7-13)14-8-9-16-17(15(14)19)10-11-2-3-11/h4-9,11H,2-3,10H2,1H3. The lowest BCUT2D eigenvalue weighted by molar-refractivity contribution is 0.415. The maximum Gasteiger partial charge on any atom is 0.130 e. The summed E-state index contributed by atoms with van der Waals surface area (Å²) in [6.45, 7) is 0.947. The summed E-state index contributed by atoms with van der Waals surface area (Å²) in [5, 5.41) is 4.37. The van der Waals surface area contributed by atoms with Crippen LogP contribution in [0, 0.1) is 10.6 Å². The molecule has 1 fully saturated rings. The van der Waals surface area contributed by atoms with E-state index in [1.165, 1.54) is 12.8 Å². The minimum Gasteiger partial charge on any atom is -0.497 e. The molecule has 3 rings (SSSR count). The number of rotatable bonds is 4. The van der Waals surface area contributed by atoms with E-state index in [1.807, 2.05) is 41.2 Å².